The maximum atomic E-state index is 2.45. The summed E-state index contributed by atoms with van der Waals surface area (Å²) < 4.78 is 0. The molecule has 0 aromatic heterocycles. The van der Waals surface area contributed by atoms with Crippen molar-refractivity contribution in [3.63, 3.8) is 0 Å². The molecule has 0 aliphatic heterocycles. The Labute approximate surface area is 126 Å². The van der Waals surface area contributed by atoms with Crippen LogP contribution >= 0.6 is 0 Å². The first kappa shape index (κ1) is 12.6. The standard InChI is InChI=1S/C21H20/c1-15-12-21-19(14-18-8-4-5-9-20(18)21)13-17(15)11-10-16-6-2-3-7-16/h2-6,8-9,12-13H,7,10-11,14H2,1H3. The quantitative estimate of drug-likeness (QED) is 0.600. The highest BCUT2D eigenvalue weighted by Crippen LogP contribution is 2.38. The van der Waals surface area contributed by atoms with Crippen molar-refractivity contribution in [2.45, 2.75) is 32.6 Å². The molecule has 0 saturated heterocycles. The summed E-state index contributed by atoms with van der Waals surface area (Å²) in [5.41, 5.74) is 10.4. The second-order valence-electron chi connectivity index (χ2n) is 6.23. The van der Waals surface area contributed by atoms with Crippen LogP contribution in [0.25, 0.3) is 11.1 Å². The molecule has 2 aromatic rings. The van der Waals surface area contributed by atoms with E-state index in [9.17, 15) is 0 Å². The van der Waals surface area contributed by atoms with Crippen LogP contribution in [0.2, 0.25) is 0 Å². The Morgan fingerprint density at radius 1 is 0.952 bits per heavy atom. The third-order valence-corrected chi connectivity index (χ3v) is 4.81. The van der Waals surface area contributed by atoms with Crippen LogP contribution in [-0.2, 0) is 12.8 Å². The molecule has 0 N–H and O–H groups in total. The molecular weight excluding hydrogens is 252 g/mol. The minimum absolute atomic E-state index is 1.10. The molecule has 4 rings (SSSR count). The molecule has 0 bridgehead atoms. The number of allylic oxidation sites excluding steroid dienone is 4. The first-order chi connectivity index (χ1) is 10.3. The highest BCUT2D eigenvalue weighted by atomic mass is 14.2. The number of fused-ring (bicyclic) bond motifs is 3. The number of rotatable bonds is 3. The molecule has 2 aliphatic carbocycles. The molecule has 104 valence electrons. The Morgan fingerprint density at radius 3 is 2.71 bits per heavy atom. The molecular formula is C21H20. The number of hydrogen-bond acceptors (Lipinski definition) is 0. The zero-order valence-electron chi connectivity index (χ0n) is 12.5. The van der Waals surface area contributed by atoms with Crippen LogP contribution < -0.4 is 0 Å². The largest absolute Gasteiger partial charge is 0.0805 e. The van der Waals surface area contributed by atoms with Crippen LogP contribution in [0.3, 0.4) is 0 Å². The van der Waals surface area contributed by atoms with E-state index in [-0.39, 0.29) is 0 Å². The molecule has 2 aliphatic rings. The Bertz CT molecular complexity index is 760. The zero-order valence-corrected chi connectivity index (χ0v) is 12.5. The SMILES string of the molecule is Cc1cc2c(cc1CCC1=CC=CC1)Cc1ccccc1-2. The lowest BCUT2D eigenvalue weighted by molar-refractivity contribution is 0.909. The van der Waals surface area contributed by atoms with Gasteiger partial charge in [0.1, 0.15) is 0 Å². The van der Waals surface area contributed by atoms with Crippen molar-refractivity contribution in [1.82, 2.24) is 0 Å². The van der Waals surface area contributed by atoms with E-state index in [0.29, 0.717) is 0 Å². The smallest absolute Gasteiger partial charge is 0.00134 e. The highest BCUT2D eigenvalue weighted by Gasteiger charge is 2.19. The average molecular weight is 272 g/mol. The fraction of sp³-hybridized carbons (Fsp3) is 0.238. The van der Waals surface area contributed by atoms with Gasteiger partial charge in [-0.25, -0.2) is 0 Å². The van der Waals surface area contributed by atoms with Crippen molar-refractivity contribution < 1.29 is 0 Å². The number of benzene rings is 2. The van der Waals surface area contributed by atoms with Gasteiger partial charge in [-0.1, -0.05) is 60.2 Å². The summed E-state index contributed by atoms with van der Waals surface area (Å²) in [7, 11) is 0. The van der Waals surface area contributed by atoms with E-state index in [1.54, 1.807) is 5.57 Å². The van der Waals surface area contributed by atoms with E-state index >= 15 is 0 Å². The zero-order chi connectivity index (χ0) is 14.2. The Morgan fingerprint density at radius 2 is 1.86 bits per heavy atom. The first-order valence-corrected chi connectivity index (χ1v) is 7.86. The summed E-state index contributed by atoms with van der Waals surface area (Å²) >= 11 is 0. The molecule has 0 heteroatoms. The number of hydrogen-bond donors (Lipinski definition) is 0. The van der Waals surface area contributed by atoms with Crippen LogP contribution in [0.1, 0.15) is 35.1 Å². The summed E-state index contributed by atoms with van der Waals surface area (Å²) in [6, 6.07) is 13.7. The van der Waals surface area contributed by atoms with Crippen LogP contribution in [0.4, 0.5) is 0 Å². The Balaban J connectivity index is 1.62. The second kappa shape index (κ2) is 5.04. The monoisotopic (exact) mass is 272 g/mol. The Hall–Kier alpha value is -2.08. The summed E-state index contributed by atoms with van der Waals surface area (Å²) in [6.07, 6.45) is 11.3. The molecule has 0 heterocycles. The van der Waals surface area contributed by atoms with Gasteiger partial charge >= 0.3 is 0 Å². The molecule has 2 aromatic carbocycles. The van der Waals surface area contributed by atoms with Gasteiger partial charge in [0, 0.05) is 0 Å². The van der Waals surface area contributed by atoms with Crippen LogP contribution in [0, 0.1) is 6.92 Å². The summed E-state index contributed by atoms with van der Waals surface area (Å²) in [5, 5.41) is 0. The van der Waals surface area contributed by atoms with Gasteiger partial charge in [-0.3, -0.25) is 0 Å². The number of aryl methyl sites for hydroxylation is 2. The van der Waals surface area contributed by atoms with Crippen molar-refractivity contribution in [3.05, 3.63) is 82.5 Å². The molecule has 0 radical (unpaired) electrons. The lowest BCUT2D eigenvalue weighted by atomic mass is 9.95. The third kappa shape index (κ3) is 2.25. The van der Waals surface area contributed by atoms with E-state index < -0.39 is 0 Å². The maximum absolute atomic E-state index is 2.45. The van der Waals surface area contributed by atoms with Gasteiger partial charge in [0.25, 0.3) is 0 Å². The normalized spacial score (nSPS) is 15.0. The maximum Gasteiger partial charge on any atom is -0.00134 e. The van der Waals surface area contributed by atoms with Crippen molar-refractivity contribution in [3.8, 4) is 11.1 Å². The van der Waals surface area contributed by atoms with Crippen molar-refractivity contribution >= 4 is 0 Å². The molecule has 0 spiro atoms. The summed E-state index contributed by atoms with van der Waals surface area (Å²) in [5.74, 6) is 0. The van der Waals surface area contributed by atoms with Crippen molar-refractivity contribution in [2.24, 2.45) is 0 Å². The van der Waals surface area contributed by atoms with Gasteiger partial charge in [0.2, 0.25) is 0 Å². The average Bonchev–Trinajstić information content (AvgIpc) is 3.12. The fourth-order valence-corrected chi connectivity index (χ4v) is 3.58. The Kier molecular flexibility index (Phi) is 3.03. The van der Waals surface area contributed by atoms with Gasteiger partial charge in [-0.05, 0) is 66.0 Å². The minimum atomic E-state index is 1.10. The van der Waals surface area contributed by atoms with Crippen LogP contribution in [-0.4, -0.2) is 0 Å². The lowest BCUT2D eigenvalue weighted by Gasteiger charge is -2.10. The van der Waals surface area contributed by atoms with Gasteiger partial charge < -0.3 is 0 Å². The van der Waals surface area contributed by atoms with Gasteiger partial charge in [-0.2, -0.15) is 0 Å². The second-order valence-corrected chi connectivity index (χ2v) is 6.23. The summed E-state index contributed by atoms with van der Waals surface area (Å²) in [4.78, 5) is 0. The van der Waals surface area contributed by atoms with Gasteiger partial charge in [0.05, 0.1) is 0 Å². The van der Waals surface area contributed by atoms with E-state index in [1.807, 2.05) is 0 Å². The van der Waals surface area contributed by atoms with E-state index in [1.165, 1.54) is 46.2 Å². The fourth-order valence-electron chi connectivity index (χ4n) is 3.58. The van der Waals surface area contributed by atoms with E-state index in [4.69, 9.17) is 0 Å². The third-order valence-electron chi connectivity index (χ3n) is 4.81. The molecule has 0 fully saturated rings. The highest BCUT2D eigenvalue weighted by molar-refractivity contribution is 5.77. The van der Waals surface area contributed by atoms with Crippen LogP contribution in [0.15, 0.2) is 60.2 Å². The predicted octanol–water partition coefficient (Wildman–Crippen LogP) is 5.39. The molecule has 0 amide bonds. The molecule has 0 atom stereocenters. The first-order valence-electron chi connectivity index (χ1n) is 7.86. The van der Waals surface area contributed by atoms with Gasteiger partial charge in [0.15, 0.2) is 0 Å². The molecule has 0 saturated carbocycles. The van der Waals surface area contributed by atoms with Crippen molar-refractivity contribution in [2.75, 3.05) is 0 Å². The lowest BCUT2D eigenvalue weighted by Crippen LogP contribution is -1.94. The van der Waals surface area contributed by atoms with E-state index in [0.717, 1.165) is 12.8 Å². The van der Waals surface area contributed by atoms with Gasteiger partial charge in [-0.15, -0.1) is 0 Å². The van der Waals surface area contributed by atoms with Crippen LogP contribution in [0.5, 0.6) is 0 Å². The summed E-state index contributed by atoms with van der Waals surface area (Å²) in [6.45, 7) is 2.26. The molecule has 0 unspecified atom stereocenters. The van der Waals surface area contributed by atoms with E-state index in [2.05, 4.69) is 61.5 Å². The van der Waals surface area contributed by atoms with Crippen molar-refractivity contribution in [1.29, 1.82) is 0 Å². The minimum Gasteiger partial charge on any atom is -0.0805 e. The topological polar surface area (TPSA) is 0 Å². The molecule has 0 nitrogen and oxygen atoms in total. The predicted molar refractivity (Wildman–Crippen MR) is 89.6 cm³/mol. The molecule has 21 heavy (non-hydrogen) atoms.